The third-order valence-electron chi connectivity index (χ3n) is 3.83. The number of nitrogen functional groups attached to an aromatic ring is 1. The topological polar surface area (TPSA) is 76.3 Å². The Kier molecular flexibility index (Phi) is 4.79. The summed E-state index contributed by atoms with van der Waals surface area (Å²) in [6, 6.07) is 0.511. The third-order valence-corrected chi connectivity index (χ3v) is 3.83. The highest BCUT2D eigenvalue weighted by Crippen LogP contribution is 2.34. The molecule has 1 aliphatic rings. The predicted molar refractivity (Wildman–Crippen MR) is 76.3 cm³/mol. The maximum absolute atomic E-state index is 5.46. The number of aromatic nitrogens is 2. The molecule has 6 heteroatoms. The minimum atomic E-state index is 0.511. The summed E-state index contributed by atoms with van der Waals surface area (Å²) in [5.41, 5.74) is 2.55. The molecule has 0 bridgehead atoms. The van der Waals surface area contributed by atoms with Gasteiger partial charge in [0.25, 0.3) is 0 Å². The van der Waals surface area contributed by atoms with Crippen molar-refractivity contribution in [2.45, 2.75) is 44.6 Å². The van der Waals surface area contributed by atoms with Gasteiger partial charge in [0.1, 0.15) is 6.33 Å². The van der Waals surface area contributed by atoms with Crippen molar-refractivity contribution in [3.05, 3.63) is 6.33 Å². The van der Waals surface area contributed by atoms with Crippen LogP contribution in [0.1, 0.15) is 38.5 Å². The van der Waals surface area contributed by atoms with E-state index in [0.717, 1.165) is 5.82 Å². The number of nitrogens with two attached hydrogens (primary N) is 1. The first-order chi connectivity index (χ1) is 9.27. The van der Waals surface area contributed by atoms with Crippen LogP contribution < -0.4 is 20.9 Å². The summed E-state index contributed by atoms with van der Waals surface area (Å²) < 4.78 is 5.40. The van der Waals surface area contributed by atoms with Gasteiger partial charge in [0.15, 0.2) is 11.6 Å². The molecule has 1 aromatic heterocycles. The number of anilines is 2. The number of methoxy groups -OCH3 is 1. The SMILES string of the molecule is COc1c(NN)ncnc1N(C)C1CCCCCC1. The molecule has 6 nitrogen and oxygen atoms in total. The second-order valence-corrected chi connectivity index (χ2v) is 4.98. The Labute approximate surface area is 114 Å². The quantitative estimate of drug-likeness (QED) is 0.492. The number of nitrogens with zero attached hydrogens (tertiary/aromatic N) is 3. The number of rotatable bonds is 4. The van der Waals surface area contributed by atoms with E-state index in [1.807, 2.05) is 0 Å². The van der Waals surface area contributed by atoms with E-state index < -0.39 is 0 Å². The Morgan fingerprint density at radius 1 is 1.26 bits per heavy atom. The highest BCUT2D eigenvalue weighted by Gasteiger charge is 2.22. The van der Waals surface area contributed by atoms with E-state index in [9.17, 15) is 0 Å². The lowest BCUT2D eigenvalue weighted by Gasteiger charge is -2.29. The second-order valence-electron chi connectivity index (χ2n) is 4.98. The summed E-state index contributed by atoms with van der Waals surface area (Å²) in [5, 5.41) is 0. The van der Waals surface area contributed by atoms with Gasteiger partial charge in [-0.25, -0.2) is 15.8 Å². The number of nitrogens with one attached hydrogen (secondary N) is 1. The zero-order valence-electron chi connectivity index (χ0n) is 11.7. The van der Waals surface area contributed by atoms with Crippen LogP contribution in [0.2, 0.25) is 0 Å². The molecule has 0 atom stereocenters. The molecule has 1 aromatic rings. The maximum Gasteiger partial charge on any atom is 0.205 e. The molecule has 1 heterocycles. The number of hydrogen-bond donors (Lipinski definition) is 2. The van der Waals surface area contributed by atoms with Gasteiger partial charge in [0, 0.05) is 13.1 Å². The third kappa shape index (κ3) is 3.07. The average Bonchev–Trinajstić information content (AvgIpc) is 2.74. The van der Waals surface area contributed by atoms with Crippen LogP contribution >= 0.6 is 0 Å². The van der Waals surface area contributed by atoms with Crippen molar-refractivity contribution in [1.82, 2.24) is 9.97 Å². The van der Waals surface area contributed by atoms with Gasteiger partial charge in [-0.15, -0.1) is 0 Å². The second kappa shape index (κ2) is 6.56. The zero-order chi connectivity index (χ0) is 13.7. The van der Waals surface area contributed by atoms with E-state index in [1.54, 1.807) is 7.11 Å². The Bertz CT molecular complexity index is 404. The van der Waals surface area contributed by atoms with Gasteiger partial charge >= 0.3 is 0 Å². The lowest BCUT2D eigenvalue weighted by molar-refractivity contribution is 0.409. The van der Waals surface area contributed by atoms with Crippen LogP contribution in [0, 0.1) is 0 Å². The first-order valence-electron chi connectivity index (χ1n) is 6.86. The van der Waals surface area contributed by atoms with Crippen molar-refractivity contribution in [2.24, 2.45) is 5.84 Å². The highest BCUT2D eigenvalue weighted by molar-refractivity contribution is 5.64. The van der Waals surface area contributed by atoms with E-state index in [-0.39, 0.29) is 0 Å². The molecule has 0 unspecified atom stereocenters. The Hall–Kier alpha value is -1.56. The summed E-state index contributed by atoms with van der Waals surface area (Å²) in [5.74, 6) is 7.39. The van der Waals surface area contributed by atoms with Gasteiger partial charge in [-0.3, -0.25) is 0 Å². The van der Waals surface area contributed by atoms with Crippen molar-refractivity contribution in [3.63, 3.8) is 0 Å². The summed E-state index contributed by atoms with van der Waals surface area (Å²) in [6.07, 6.45) is 9.15. The lowest BCUT2D eigenvalue weighted by Crippen LogP contribution is -2.32. The van der Waals surface area contributed by atoms with Crippen LogP contribution in [0.5, 0.6) is 5.75 Å². The molecular formula is C13H23N5O. The first-order valence-corrected chi connectivity index (χ1v) is 6.86. The normalized spacial score (nSPS) is 16.8. The molecule has 19 heavy (non-hydrogen) atoms. The summed E-state index contributed by atoms with van der Waals surface area (Å²) >= 11 is 0. The van der Waals surface area contributed by atoms with Crippen LogP contribution in [0.4, 0.5) is 11.6 Å². The average molecular weight is 265 g/mol. The smallest absolute Gasteiger partial charge is 0.205 e. The Morgan fingerprint density at radius 3 is 2.53 bits per heavy atom. The van der Waals surface area contributed by atoms with E-state index in [0.29, 0.717) is 17.6 Å². The zero-order valence-corrected chi connectivity index (χ0v) is 11.7. The fourth-order valence-electron chi connectivity index (χ4n) is 2.72. The molecule has 1 fully saturated rings. The number of hydrazine groups is 1. The van der Waals surface area contributed by atoms with Gasteiger partial charge < -0.3 is 15.1 Å². The molecule has 2 rings (SSSR count). The number of ether oxygens (including phenoxy) is 1. The van der Waals surface area contributed by atoms with Crippen molar-refractivity contribution >= 4 is 11.6 Å². The molecule has 1 saturated carbocycles. The number of hydrogen-bond acceptors (Lipinski definition) is 6. The van der Waals surface area contributed by atoms with Crippen molar-refractivity contribution in [1.29, 1.82) is 0 Å². The van der Waals surface area contributed by atoms with Crippen molar-refractivity contribution < 1.29 is 4.74 Å². The highest BCUT2D eigenvalue weighted by atomic mass is 16.5. The molecule has 1 aliphatic carbocycles. The first kappa shape index (κ1) is 13.9. The molecule has 0 aromatic carbocycles. The predicted octanol–water partition coefficient (Wildman–Crippen LogP) is 1.93. The minimum absolute atomic E-state index is 0.511. The molecule has 0 amide bonds. The molecule has 106 valence electrons. The summed E-state index contributed by atoms with van der Waals surface area (Å²) in [4.78, 5) is 10.6. The van der Waals surface area contributed by atoms with Gasteiger partial charge in [-0.1, -0.05) is 25.7 Å². The largest absolute Gasteiger partial charge is 0.490 e. The summed E-state index contributed by atoms with van der Waals surface area (Å²) in [6.45, 7) is 0. The van der Waals surface area contributed by atoms with Crippen LogP contribution in [0.25, 0.3) is 0 Å². The van der Waals surface area contributed by atoms with E-state index in [2.05, 4.69) is 27.3 Å². The van der Waals surface area contributed by atoms with Crippen LogP contribution in [-0.4, -0.2) is 30.2 Å². The fraction of sp³-hybridized carbons (Fsp3) is 0.692. The monoisotopic (exact) mass is 265 g/mol. The van der Waals surface area contributed by atoms with Gasteiger partial charge in [-0.2, -0.15) is 0 Å². The summed E-state index contributed by atoms with van der Waals surface area (Å²) in [7, 11) is 3.69. The molecule has 0 radical (unpaired) electrons. The molecular weight excluding hydrogens is 242 g/mol. The minimum Gasteiger partial charge on any atom is -0.490 e. The Balaban J connectivity index is 2.24. The standard InChI is InChI=1S/C13H23N5O/c1-18(10-7-5-3-4-6-8-10)13-11(19-2)12(17-14)15-9-16-13/h9-10H,3-8,14H2,1-2H3,(H,15,16,17). The van der Waals surface area contributed by atoms with E-state index in [1.165, 1.54) is 44.9 Å². The van der Waals surface area contributed by atoms with Gasteiger partial charge in [-0.05, 0) is 12.8 Å². The van der Waals surface area contributed by atoms with Crippen LogP contribution in [-0.2, 0) is 0 Å². The fourth-order valence-corrected chi connectivity index (χ4v) is 2.72. The van der Waals surface area contributed by atoms with Crippen molar-refractivity contribution in [3.8, 4) is 5.75 Å². The Morgan fingerprint density at radius 2 is 1.95 bits per heavy atom. The maximum atomic E-state index is 5.46. The van der Waals surface area contributed by atoms with Gasteiger partial charge in [0.2, 0.25) is 5.75 Å². The molecule has 0 spiro atoms. The van der Waals surface area contributed by atoms with Crippen LogP contribution in [0.3, 0.4) is 0 Å². The van der Waals surface area contributed by atoms with Crippen molar-refractivity contribution in [2.75, 3.05) is 24.5 Å². The van der Waals surface area contributed by atoms with Crippen LogP contribution in [0.15, 0.2) is 6.33 Å². The lowest BCUT2D eigenvalue weighted by atomic mass is 10.1. The molecule has 0 aliphatic heterocycles. The van der Waals surface area contributed by atoms with E-state index >= 15 is 0 Å². The van der Waals surface area contributed by atoms with E-state index in [4.69, 9.17) is 10.6 Å². The van der Waals surface area contributed by atoms with Gasteiger partial charge in [0.05, 0.1) is 7.11 Å². The molecule has 0 saturated heterocycles. The molecule has 3 N–H and O–H groups in total.